The van der Waals surface area contributed by atoms with E-state index in [2.05, 4.69) is 5.32 Å². The van der Waals surface area contributed by atoms with Gasteiger partial charge in [0.25, 0.3) is 0 Å². The maximum atomic E-state index is 13.1. The number of amides is 2. The quantitative estimate of drug-likeness (QED) is 0.395. The normalized spacial score (nSPS) is 18.8. The van der Waals surface area contributed by atoms with E-state index < -0.39 is 53.5 Å². The minimum atomic E-state index is -1.22. The van der Waals surface area contributed by atoms with Crippen LogP contribution in [0.15, 0.2) is 30.3 Å². The largest absolute Gasteiger partial charge is 0.480 e. The lowest BCUT2D eigenvalue weighted by Gasteiger charge is -2.31. The molecule has 1 heterocycles. The van der Waals surface area contributed by atoms with E-state index in [1.54, 1.807) is 41.5 Å². The third-order valence-electron chi connectivity index (χ3n) is 5.37. The van der Waals surface area contributed by atoms with Crippen LogP contribution in [0.2, 0.25) is 0 Å². The van der Waals surface area contributed by atoms with Crippen LogP contribution in [0.1, 0.15) is 72.8 Å². The van der Waals surface area contributed by atoms with Crippen molar-refractivity contribution < 1.29 is 38.5 Å². The van der Waals surface area contributed by atoms with Crippen LogP contribution in [0.25, 0.3) is 0 Å². The number of nitrogens with one attached hydrogen (secondary N) is 1. The van der Waals surface area contributed by atoms with Gasteiger partial charge in [-0.15, -0.1) is 0 Å². The molecule has 1 aliphatic rings. The molecule has 10 heteroatoms. The maximum Gasteiger partial charge on any atom is 0.411 e. The summed E-state index contributed by atoms with van der Waals surface area (Å²) in [6.07, 6.45) is -0.438. The standard InChI is InChI=1S/C26H38N2O8/c1-25(2,3)35-22(31)20-15-13-18(28(20)24(33)34-16-17-10-8-7-9-11-17)12-14-19(21(29)30)27-23(32)36-26(4,5)6/h7-11,18-20H,12-16H2,1-6H3,(H,27,32)(H,29,30)/t18-,19+,20-/m0/s1. The molecule has 1 fully saturated rings. The number of benzene rings is 1. The van der Waals surface area contributed by atoms with Gasteiger partial charge in [0, 0.05) is 6.04 Å². The Kier molecular flexibility index (Phi) is 9.72. The van der Waals surface area contributed by atoms with Gasteiger partial charge in [0.05, 0.1) is 0 Å². The fourth-order valence-corrected chi connectivity index (χ4v) is 3.90. The van der Waals surface area contributed by atoms with Gasteiger partial charge in [-0.1, -0.05) is 30.3 Å². The highest BCUT2D eigenvalue weighted by molar-refractivity contribution is 5.83. The summed E-state index contributed by atoms with van der Waals surface area (Å²) >= 11 is 0. The minimum absolute atomic E-state index is 0.0296. The van der Waals surface area contributed by atoms with Crippen LogP contribution in [-0.2, 0) is 30.4 Å². The highest BCUT2D eigenvalue weighted by atomic mass is 16.6. The van der Waals surface area contributed by atoms with Crippen molar-refractivity contribution in [2.45, 2.75) is 103 Å². The molecule has 0 aliphatic carbocycles. The van der Waals surface area contributed by atoms with Crippen molar-refractivity contribution >= 4 is 24.1 Å². The van der Waals surface area contributed by atoms with Crippen LogP contribution in [0.4, 0.5) is 9.59 Å². The lowest BCUT2D eigenvalue weighted by Crippen LogP contribution is -2.48. The molecule has 0 unspecified atom stereocenters. The Balaban J connectivity index is 2.12. The van der Waals surface area contributed by atoms with Gasteiger partial charge in [0.15, 0.2) is 0 Å². The zero-order valence-electron chi connectivity index (χ0n) is 21.9. The Bertz CT molecular complexity index is 920. The zero-order valence-corrected chi connectivity index (χ0v) is 21.9. The molecule has 10 nitrogen and oxygen atoms in total. The highest BCUT2D eigenvalue weighted by Gasteiger charge is 2.44. The third kappa shape index (κ3) is 9.39. The van der Waals surface area contributed by atoms with Gasteiger partial charge in [0.1, 0.15) is 29.9 Å². The molecule has 0 radical (unpaired) electrons. The lowest BCUT2D eigenvalue weighted by molar-refractivity contribution is -0.160. The number of aliphatic carboxylic acids is 1. The number of carbonyl (C=O) groups is 4. The number of nitrogens with zero attached hydrogens (tertiary/aromatic N) is 1. The molecular weight excluding hydrogens is 468 g/mol. The van der Waals surface area contributed by atoms with Crippen molar-refractivity contribution in [3.8, 4) is 0 Å². The topological polar surface area (TPSA) is 131 Å². The predicted octanol–water partition coefficient (Wildman–Crippen LogP) is 4.26. The minimum Gasteiger partial charge on any atom is -0.480 e. The molecule has 1 aliphatic heterocycles. The highest BCUT2D eigenvalue weighted by Crippen LogP contribution is 2.30. The number of rotatable bonds is 8. The average Bonchev–Trinajstić information content (AvgIpc) is 3.17. The number of carbonyl (C=O) groups excluding carboxylic acids is 3. The van der Waals surface area contributed by atoms with Crippen molar-refractivity contribution in [3.05, 3.63) is 35.9 Å². The Labute approximate surface area is 212 Å². The summed E-state index contributed by atoms with van der Waals surface area (Å²) in [5, 5.41) is 12.0. The van der Waals surface area contributed by atoms with E-state index in [1.165, 1.54) is 4.90 Å². The van der Waals surface area contributed by atoms with E-state index in [0.29, 0.717) is 12.8 Å². The molecule has 1 aromatic rings. The number of alkyl carbamates (subject to hydrolysis) is 1. The number of esters is 1. The van der Waals surface area contributed by atoms with Crippen molar-refractivity contribution in [1.29, 1.82) is 0 Å². The first-order chi connectivity index (χ1) is 16.7. The van der Waals surface area contributed by atoms with Crippen LogP contribution < -0.4 is 5.32 Å². The van der Waals surface area contributed by atoms with E-state index >= 15 is 0 Å². The van der Waals surface area contributed by atoms with Gasteiger partial charge in [-0.25, -0.2) is 19.2 Å². The van der Waals surface area contributed by atoms with Crippen molar-refractivity contribution in [2.75, 3.05) is 0 Å². The Morgan fingerprint density at radius 2 is 1.61 bits per heavy atom. The molecule has 1 saturated heterocycles. The van der Waals surface area contributed by atoms with E-state index in [-0.39, 0.29) is 19.4 Å². The van der Waals surface area contributed by atoms with E-state index in [4.69, 9.17) is 14.2 Å². The monoisotopic (exact) mass is 506 g/mol. The van der Waals surface area contributed by atoms with Gasteiger partial charge in [-0.2, -0.15) is 0 Å². The van der Waals surface area contributed by atoms with Crippen LogP contribution >= 0.6 is 0 Å². The van der Waals surface area contributed by atoms with Crippen LogP contribution in [0, 0.1) is 0 Å². The molecule has 2 rings (SSSR count). The number of likely N-dealkylation sites (tertiary alicyclic amines) is 1. The second-order valence-electron chi connectivity index (χ2n) is 10.8. The zero-order chi connectivity index (χ0) is 27.1. The first kappa shape index (κ1) is 28.9. The number of ether oxygens (including phenoxy) is 3. The summed E-state index contributed by atoms with van der Waals surface area (Å²) in [4.78, 5) is 51.2. The fourth-order valence-electron chi connectivity index (χ4n) is 3.90. The molecule has 200 valence electrons. The molecule has 0 spiro atoms. The third-order valence-corrected chi connectivity index (χ3v) is 5.37. The number of hydrogen-bond acceptors (Lipinski definition) is 7. The summed E-state index contributed by atoms with van der Waals surface area (Å²) in [5.41, 5.74) is -0.720. The maximum absolute atomic E-state index is 13.1. The van der Waals surface area contributed by atoms with Gasteiger partial charge >= 0.3 is 24.1 Å². The fraction of sp³-hybridized carbons (Fsp3) is 0.615. The Morgan fingerprint density at radius 3 is 2.17 bits per heavy atom. The number of hydrogen-bond donors (Lipinski definition) is 2. The second-order valence-corrected chi connectivity index (χ2v) is 10.8. The van der Waals surface area contributed by atoms with Gasteiger partial charge in [0.2, 0.25) is 0 Å². The van der Waals surface area contributed by atoms with Gasteiger partial charge in [-0.3, -0.25) is 4.90 Å². The van der Waals surface area contributed by atoms with Crippen molar-refractivity contribution in [1.82, 2.24) is 10.2 Å². The first-order valence-electron chi connectivity index (χ1n) is 12.1. The van der Waals surface area contributed by atoms with Crippen LogP contribution in [0.3, 0.4) is 0 Å². The SMILES string of the molecule is CC(C)(C)OC(=O)N[C@H](CC[C@H]1CC[C@@H](C(=O)OC(C)(C)C)N1C(=O)OCc1ccccc1)C(=O)O. The summed E-state index contributed by atoms with van der Waals surface area (Å²) in [5.74, 6) is -1.76. The molecule has 3 atom stereocenters. The van der Waals surface area contributed by atoms with Crippen LogP contribution in [0.5, 0.6) is 0 Å². The summed E-state index contributed by atoms with van der Waals surface area (Å²) < 4.78 is 16.2. The Hall–Kier alpha value is -3.30. The first-order valence-corrected chi connectivity index (χ1v) is 12.1. The number of carboxylic acid groups (broad SMARTS) is 1. The molecule has 2 amide bonds. The summed E-state index contributed by atoms with van der Waals surface area (Å²) in [6.45, 7) is 10.3. The lowest BCUT2D eigenvalue weighted by atomic mass is 10.0. The van der Waals surface area contributed by atoms with E-state index in [0.717, 1.165) is 5.56 Å². The van der Waals surface area contributed by atoms with Crippen molar-refractivity contribution in [3.63, 3.8) is 0 Å². The predicted molar refractivity (Wildman–Crippen MR) is 131 cm³/mol. The average molecular weight is 507 g/mol. The van der Waals surface area contributed by atoms with Crippen LogP contribution in [-0.4, -0.2) is 63.5 Å². The smallest absolute Gasteiger partial charge is 0.411 e. The Morgan fingerprint density at radius 1 is 1.00 bits per heavy atom. The van der Waals surface area contributed by atoms with E-state index in [9.17, 15) is 24.3 Å². The van der Waals surface area contributed by atoms with E-state index in [1.807, 2.05) is 30.3 Å². The molecule has 1 aromatic carbocycles. The molecule has 0 saturated carbocycles. The van der Waals surface area contributed by atoms with Gasteiger partial charge < -0.3 is 24.6 Å². The molecule has 36 heavy (non-hydrogen) atoms. The second kappa shape index (κ2) is 12.1. The van der Waals surface area contributed by atoms with Gasteiger partial charge in [-0.05, 0) is 72.8 Å². The summed E-state index contributed by atoms with van der Waals surface area (Å²) in [6, 6.07) is 6.62. The van der Waals surface area contributed by atoms with Crippen molar-refractivity contribution in [2.24, 2.45) is 0 Å². The molecular formula is C26H38N2O8. The molecule has 0 aromatic heterocycles. The summed E-state index contributed by atoms with van der Waals surface area (Å²) in [7, 11) is 0. The molecule has 2 N–H and O–H groups in total. The molecule has 0 bridgehead atoms. The number of carboxylic acids is 1.